The summed E-state index contributed by atoms with van der Waals surface area (Å²) in [5, 5.41) is 2.94. The van der Waals surface area contributed by atoms with Crippen LogP contribution in [0.5, 0.6) is 11.5 Å². The predicted octanol–water partition coefficient (Wildman–Crippen LogP) is 4.42. The highest BCUT2D eigenvalue weighted by molar-refractivity contribution is 5.83. The van der Waals surface area contributed by atoms with E-state index in [1.165, 1.54) is 12.3 Å². The fourth-order valence-corrected chi connectivity index (χ4v) is 3.77. The number of carbonyl (C=O) groups is 1. The molecule has 1 saturated heterocycles. The SMILES string of the molecule is C[C@@H](NC(=O)[C@H]1C[C@@H]1c1cccc(OCC2(C)COC2)c1)c1ccc(OCC(F)(F)F)cn1. The third-order valence-electron chi connectivity index (χ3n) is 5.87. The molecule has 0 radical (unpaired) electrons. The molecule has 2 heterocycles. The maximum Gasteiger partial charge on any atom is 0.422 e. The molecule has 178 valence electrons. The first-order chi connectivity index (χ1) is 15.6. The molecule has 1 aromatic carbocycles. The number of rotatable bonds is 9. The van der Waals surface area contributed by atoms with E-state index in [9.17, 15) is 18.0 Å². The lowest BCUT2D eigenvalue weighted by molar-refractivity contribution is -0.153. The minimum Gasteiger partial charge on any atom is -0.493 e. The molecule has 1 amide bonds. The van der Waals surface area contributed by atoms with Gasteiger partial charge in [-0.1, -0.05) is 19.1 Å². The first-order valence-electron chi connectivity index (χ1n) is 10.9. The fourth-order valence-electron chi connectivity index (χ4n) is 3.77. The molecule has 0 bridgehead atoms. The van der Waals surface area contributed by atoms with Gasteiger partial charge in [0.2, 0.25) is 5.91 Å². The van der Waals surface area contributed by atoms with Gasteiger partial charge in [-0.15, -0.1) is 0 Å². The maximum absolute atomic E-state index is 12.7. The van der Waals surface area contributed by atoms with Gasteiger partial charge >= 0.3 is 6.18 Å². The number of carbonyl (C=O) groups excluding carboxylic acids is 1. The van der Waals surface area contributed by atoms with Gasteiger partial charge in [0.15, 0.2) is 6.61 Å². The second-order valence-corrected chi connectivity index (χ2v) is 9.17. The van der Waals surface area contributed by atoms with Crippen LogP contribution in [0.25, 0.3) is 0 Å². The molecule has 1 N–H and O–H groups in total. The summed E-state index contributed by atoms with van der Waals surface area (Å²) >= 11 is 0. The van der Waals surface area contributed by atoms with Gasteiger partial charge in [0.05, 0.1) is 37.8 Å². The summed E-state index contributed by atoms with van der Waals surface area (Å²) in [6.45, 7) is 4.54. The Morgan fingerprint density at radius 1 is 1.24 bits per heavy atom. The lowest BCUT2D eigenvalue weighted by atomic mass is 9.90. The van der Waals surface area contributed by atoms with Crippen LogP contribution in [0, 0.1) is 11.3 Å². The van der Waals surface area contributed by atoms with E-state index in [0.717, 1.165) is 17.7 Å². The molecule has 6 nitrogen and oxygen atoms in total. The molecule has 1 saturated carbocycles. The third-order valence-corrected chi connectivity index (χ3v) is 5.87. The number of halogens is 3. The highest BCUT2D eigenvalue weighted by Crippen LogP contribution is 2.48. The summed E-state index contributed by atoms with van der Waals surface area (Å²) in [6, 6.07) is 10.4. The molecule has 2 aliphatic rings. The van der Waals surface area contributed by atoms with Crippen LogP contribution in [0.15, 0.2) is 42.6 Å². The Bertz CT molecular complexity index is 976. The zero-order valence-electron chi connectivity index (χ0n) is 18.5. The van der Waals surface area contributed by atoms with Gasteiger partial charge in [0, 0.05) is 11.3 Å². The Morgan fingerprint density at radius 2 is 2.03 bits per heavy atom. The number of nitrogens with one attached hydrogen (secondary N) is 1. The number of amides is 1. The van der Waals surface area contributed by atoms with Crippen LogP contribution in [0.3, 0.4) is 0 Å². The monoisotopic (exact) mass is 464 g/mol. The molecule has 2 aromatic rings. The van der Waals surface area contributed by atoms with Crippen molar-refractivity contribution in [1.29, 1.82) is 0 Å². The van der Waals surface area contributed by atoms with Gasteiger partial charge < -0.3 is 19.5 Å². The molecule has 9 heteroatoms. The summed E-state index contributed by atoms with van der Waals surface area (Å²) in [5.41, 5.74) is 1.67. The molecule has 1 aromatic heterocycles. The van der Waals surface area contributed by atoms with E-state index in [2.05, 4.69) is 22.0 Å². The van der Waals surface area contributed by atoms with E-state index >= 15 is 0 Å². The van der Waals surface area contributed by atoms with Gasteiger partial charge in [-0.05, 0) is 49.1 Å². The molecule has 0 unspecified atom stereocenters. The van der Waals surface area contributed by atoms with Gasteiger partial charge in [-0.3, -0.25) is 9.78 Å². The van der Waals surface area contributed by atoms with Crippen molar-refractivity contribution in [3.05, 3.63) is 53.9 Å². The third kappa shape index (κ3) is 6.16. The Hall–Kier alpha value is -2.81. The summed E-state index contributed by atoms with van der Waals surface area (Å²) in [7, 11) is 0. The highest BCUT2D eigenvalue weighted by atomic mass is 19.4. The first kappa shape index (κ1) is 23.4. The van der Waals surface area contributed by atoms with Crippen LogP contribution in [0.1, 0.15) is 43.5 Å². The van der Waals surface area contributed by atoms with Crippen molar-refractivity contribution in [2.45, 2.75) is 38.4 Å². The van der Waals surface area contributed by atoms with Crippen LogP contribution in [0.4, 0.5) is 13.2 Å². The average molecular weight is 464 g/mol. The van der Waals surface area contributed by atoms with Crippen molar-refractivity contribution in [2.75, 3.05) is 26.4 Å². The van der Waals surface area contributed by atoms with E-state index in [-0.39, 0.29) is 34.9 Å². The molecule has 0 spiro atoms. The minimum absolute atomic E-state index is 0.0257. The van der Waals surface area contributed by atoms with Crippen LogP contribution in [-0.4, -0.2) is 43.5 Å². The van der Waals surface area contributed by atoms with E-state index < -0.39 is 12.8 Å². The zero-order chi connectivity index (χ0) is 23.6. The topological polar surface area (TPSA) is 69.7 Å². The van der Waals surface area contributed by atoms with E-state index in [4.69, 9.17) is 9.47 Å². The molecule has 1 aliphatic carbocycles. The smallest absolute Gasteiger partial charge is 0.422 e. The molecule has 33 heavy (non-hydrogen) atoms. The average Bonchev–Trinajstić information content (AvgIpc) is 3.56. The van der Waals surface area contributed by atoms with Gasteiger partial charge in [0.1, 0.15) is 11.5 Å². The predicted molar refractivity (Wildman–Crippen MR) is 114 cm³/mol. The normalized spacial score (nSPS) is 22.1. The molecular weight excluding hydrogens is 437 g/mol. The van der Waals surface area contributed by atoms with Gasteiger partial charge in [-0.2, -0.15) is 13.2 Å². The van der Waals surface area contributed by atoms with Crippen LogP contribution >= 0.6 is 0 Å². The van der Waals surface area contributed by atoms with Crippen LogP contribution in [0.2, 0.25) is 0 Å². The molecule has 4 rings (SSSR count). The first-order valence-corrected chi connectivity index (χ1v) is 10.9. The minimum atomic E-state index is -4.41. The van der Waals surface area contributed by atoms with E-state index in [0.29, 0.717) is 25.5 Å². The standard InChI is InChI=1S/C24H27F3N2O4/c1-15(21-7-6-18(10-28-21)33-14-24(25,26)27)29-22(30)20-9-19(20)16-4-3-5-17(8-16)32-13-23(2)11-31-12-23/h3-8,10,15,19-20H,9,11-14H2,1-2H3,(H,29,30)/t15-,19-,20+/m1/s1. The quantitative estimate of drug-likeness (QED) is 0.595. The Labute approximate surface area is 190 Å². The number of hydrogen-bond acceptors (Lipinski definition) is 5. The number of benzene rings is 1. The van der Waals surface area contributed by atoms with Crippen molar-refractivity contribution in [1.82, 2.24) is 10.3 Å². The second-order valence-electron chi connectivity index (χ2n) is 9.17. The van der Waals surface area contributed by atoms with Crippen LogP contribution < -0.4 is 14.8 Å². The summed E-state index contributed by atoms with van der Waals surface area (Å²) in [5.74, 6) is 0.746. The molecule has 3 atom stereocenters. The Balaban J connectivity index is 1.27. The summed E-state index contributed by atoms with van der Waals surface area (Å²) < 4.78 is 52.6. The lowest BCUT2D eigenvalue weighted by Gasteiger charge is -2.37. The number of alkyl halides is 3. The van der Waals surface area contributed by atoms with Crippen molar-refractivity contribution in [2.24, 2.45) is 11.3 Å². The zero-order valence-corrected chi connectivity index (χ0v) is 18.5. The number of hydrogen-bond donors (Lipinski definition) is 1. The fraction of sp³-hybridized carbons (Fsp3) is 0.500. The van der Waals surface area contributed by atoms with E-state index in [1.807, 2.05) is 24.3 Å². The second kappa shape index (κ2) is 9.21. The van der Waals surface area contributed by atoms with Crippen molar-refractivity contribution in [3.63, 3.8) is 0 Å². The number of pyridine rings is 1. The van der Waals surface area contributed by atoms with Crippen LogP contribution in [-0.2, 0) is 9.53 Å². The molecular formula is C24H27F3N2O4. The Morgan fingerprint density at radius 3 is 2.67 bits per heavy atom. The highest BCUT2D eigenvalue weighted by Gasteiger charge is 2.44. The van der Waals surface area contributed by atoms with Crippen molar-refractivity contribution in [3.8, 4) is 11.5 Å². The number of nitrogens with zero attached hydrogens (tertiary/aromatic N) is 1. The molecule has 1 aliphatic heterocycles. The maximum atomic E-state index is 12.7. The molecule has 2 fully saturated rings. The summed E-state index contributed by atoms with van der Waals surface area (Å²) in [6.07, 6.45) is -2.42. The number of aromatic nitrogens is 1. The summed E-state index contributed by atoms with van der Waals surface area (Å²) in [4.78, 5) is 16.8. The Kier molecular flexibility index (Phi) is 6.52. The number of ether oxygens (including phenoxy) is 3. The van der Waals surface area contributed by atoms with E-state index in [1.54, 1.807) is 13.0 Å². The van der Waals surface area contributed by atoms with Gasteiger partial charge in [-0.25, -0.2) is 0 Å². The van der Waals surface area contributed by atoms with Crippen molar-refractivity contribution >= 4 is 5.91 Å². The van der Waals surface area contributed by atoms with Crippen molar-refractivity contribution < 1.29 is 32.2 Å². The largest absolute Gasteiger partial charge is 0.493 e. The lowest BCUT2D eigenvalue weighted by Crippen LogP contribution is -2.44. The van der Waals surface area contributed by atoms with Gasteiger partial charge in [0.25, 0.3) is 0 Å².